The molecule has 0 aliphatic rings. The average molecular weight is 326 g/mol. The van der Waals surface area contributed by atoms with Crippen molar-refractivity contribution in [3.63, 3.8) is 0 Å². The van der Waals surface area contributed by atoms with Crippen molar-refractivity contribution in [1.82, 2.24) is 0 Å². The average Bonchev–Trinajstić information content (AvgIpc) is 2.39. The van der Waals surface area contributed by atoms with E-state index >= 15 is 0 Å². The quantitative estimate of drug-likeness (QED) is 0.670. The minimum atomic E-state index is 0.492. The van der Waals surface area contributed by atoms with Gasteiger partial charge in [0.15, 0.2) is 0 Å². The summed E-state index contributed by atoms with van der Waals surface area (Å²) in [5, 5.41) is 0. The molecular weight excluding hydrogens is 312 g/mol. The van der Waals surface area contributed by atoms with Crippen LogP contribution in [0, 0.1) is 0 Å². The fraction of sp³-hybridized carbons (Fsp3) is 0.200. The van der Waals surface area contributed by atoms with Gasteiger partial charge in [-0.25, -0.2) is 0 Å². The molecule has 0 N–H and O–H groups in total. The Bertz CT molecular complexity index is 540. The summed E-state index contributed by atoms with van der Waals surface area (Å²) in [6.45, 7) is 2.13. The summed E-state index contributed by atoms with van der Waals surface area (Å²) in [6.07, 6.45) is 1.01. The van der Waals surface area contributed by atoms with Crippen LogP contribution < -0.4 is 4.74 Å². The molecule has 0 spiro atoms. The number of alkyl halides is 1. The van der Waals surface area contributed by atoms with Gasteiger partial charge in [0.1, 0.15) is 11.5 Å². The zero-order chi connectivity index (χ0) is 13.0. The number of hydrogen-bond acceptors (Lipinski definition) is 1. The Morgan fingerprint density at radius 2 is 1.89 bits per heavy atom. The third-order valence-corrected chi connectivity index (χ3v) is 3.74. The molecule has 0 saturated carbocycles. The zero-order valence-corrected chi connectivity index (χ0v) is 12.5. The van der Waals surface area contributed by atoms with Crippen molar-refractivity contribution >= 4 is 27.5 Å². The van der Waals surface area contributed by atoms with Crippen molar-refractivity contribution in [3.05, 3.63) is 58.1 Å². The smallest absolute Gasteiger partial charge is 0.128 e. The van der Waals surface area contributed by atoms with Crippen LogP contribution in [-0.2, 0) is 12.3 Å². The van der Waals surface area contributed by atoms with Crippen LogP contribution in [0.4, 0.5) is 0 Å². The Labute approximate surface area is 121 Å². The Morgan fingerprint density at radius 3 is 2.56 bits per heavy atom. The van der Waals surface area contributed by atoms with Crippen LogP contribution in [0.15, 0.2) is 46.9 Å². The van der Waals surface area contributed by atoms with Gasteiger partial charge in [-0.05, 0) is 41.8 Å². The molecule has 0 saturated heterocycles. The molecule has 2 rings (SSSR count). The number of aryl methyl sites for hydroxylation is 1. The van der Waals surface area contributed by atoms with Gasteiger partial charge in [-0.15, -0.1) is 11.6 Å². The molecular formula is C15H14BrClO. The van der Waals surface area contributed by atoms with Crippen LogP contribution in [0.25, 0.3) is 0 Å². The number of halogens is 2. The summed E-state index contributed by atoms with van der Waals surface area (Å²) in [7, 11) is 0. The number of ether oxygens (including phenoxy) is 1. The van der Waals surface area contributed by atoms with E-state index in [1.807, 2.05) is 30.3 Å². The second-order valence-electron chi connectivity index (χ2n) is 3.99. The molecule has 0 aliphatic heterocycles. The molecule has 0 unspecified atom stereocenters. The Morgan fingerprint density at radius 1 is 1.11 bits per heavy atom. The lowest BCUT2D eigenvalue weighted by atomic mass is 10.2. The number of rotatable bonds is 4. The Hall–Kier alpha value is -0.990. The van der Waals surface area contributed by atoms with Crippen LogP contribution in [0.1, 0.15) is 18.1 Å². The minimum Gasteiger partial charge on any atom is -0.457 e. The van der Waals surface area contributed by atoms with Gasteiger partial charge < -0.3 is 4.74 Å². The predicted octanol–water partition coefficient (Wildman–Crippen LogP) is 5.54. The van der Waals surface area contributed by atoms with Gasteiger partial charge in [0.2, 0.25) is 0 Å². The molecule has 0 heterocycles. The van der Waals surface area contributed by atoms with E-state index < -0.39 is 0 Å². The Balaban J connectivity index is 2.20. The van der Waals surface area contributed by atoms with Crippen molar-refractivity contribution in [2.45, 2.75) is 19.2 Å². The van der Waals surface area contributed by atoms with Crippen molar-refractivity contribution in [2.24, 2.45) is 0 Å². The van der Waals surface area contributed by atoms with E-state index in [1.165, 1.54) is 5.56 Å². The van der Waals surface area contributed by atoms with E-state index in [2.05, 4.69) is 35.0 Å². The molecule has 0 amide bonds. The molecule has 2 aromatic carbocycles. The maximum Gasteiger partial charge on any atom is 0.128 e. The monoisotopic (exact) mass is 324 g/mol. The molecule has 0 aromatic heterocycles. The van der Waals surface area contributed by atoms with Gasteiger partial charge in [0.05, 0.1) is 0 Å². The van der Waals surface area contributed by atoms with E-state index in [0.29, 0.717) is 5.88 Å². The summed E-state index contributed by atoms with van der Waals surface area (Å²) in [4.78, 5) is 0. The van der Waals surface area contributed by atoms with Gasteiger partial charge in [-0.1, -0.05) is 41.1 Å². The summed E-state index contributed by atoms with van der Waals surface area (Å²) in [5.74, 6) is 2.16. The van der Waals surface area contributed by atoms with E-state index in [1.54, 1.807) is 0 Å². The zero-order valence-electron chi connectivity index (χ0n) is 10.1. The van der Waals surface area contributed by atoms with Crippen molar-refractivity contribution in [3.8, 4) is 11.5 Å². The summed E-state index contributed by atoms with van der Waals surface area (Å²) in [6, 6.07) is 14.0. The maximum atomic E-state index is 5.83. The SMILES string of the molecule is CCc1cccc(Oc2ccc(CCl)c(Br)c2)c1. The summed E-state index contributed by atoms with van der Waals surface area (Å²) in [5.41, 5.74) is 2.33. The summed E-state index contributed by atoms with van der Waals surface area (Å²) >= 11 is 9.30. The third kappa shape index (κ3) is 3.27. The number of hydrogen-bond donors (Lipinski definition) is 0. The molecule has 3 heteroatoms. The van der Waals surface area contributed by atoms with Crippen LogP contribution in [0.2, 0.25) is 0 Å². The fourth-order valence-electron chi connectivity index (χ4n) is 1.66. The van der Waals surface area contributed by atoms with Gasteiger partial charge in [-0.2, -0.15) is 0 Å². The second kappa shape index (κ2) is 6.26. The van der Waals surface area contributed by atoms with Crippen molar-refractivity contribution in [1.29, 1.82) is 0 Å². The van der Waals surface area contributed by atoms with Gasteiger partial charge >= 0.3 is 0 Å². The molecule has 0 bridgehead atoms. The summed E-state index contributed by atoms with van der Waals surface area (Å²) < 4.78 is 6.80. The van der Waals surface area contributed by atoms with Gasteiger partial charge in [0.25, 0.3) is 0 Å². The largest absolute Gasteiger partial charge is 0.457 e. The predicted molar refractivity (Wildman–Crippen MR) is 79.6 cm³/mol. The van der Waals surface area contributed by atoms with Gasteiger partial charge in [-0.3, -0.25) is 0 Å². The first kappa shape index (κ1) is 13.4. The Kier molecular flexibility index (Phi) is 4.67. The standard InChI is InChI=1S/C15H14BrClO/c1-2-11-4-3-5-13(8-11)18-14-7-6-12(10-17)15(16)9-14/h3-9H,2,10H2,1H3. The highest BCUT2D eigenvalue weighted by Crippen LogP contribution is 2.28. The first-order chi connectivity index (χ1) is 8.72. The van der Waals surface area contributed by atoms with E-state index in [-0.39, 0.29) is 0 Å². The lowest BCUT2D eigenvalue weighted by Crippen LogP contribution is -1.88. The number of benzene rings is 2. The van der Waals surface area contributed by atoms with Crippen LogP contribution in [0.5, 0.6) is 11.5 Å². The molecule has 0 fully saturated rings. The highest BCUT2D eigenvalue weighted by Gasteiger charge is 2.03. The van der Waals surface area contributed by atoms with Gasteiger partial charge in [0, 0.05) is 10.4 Å². The van der Waals surface area contributed by atoms with E-state index in [4.69, 9.17) is 16.3 Å². The van der Waals surface area contributed by atoms with Crippen LogP contribution in [-0.4, -0.2) is 0 Å². The molecule has 1 nitrogen and oxygen atoms in total. The van der Waals surface area contributed by atoms with E-state index in [9.17, 15) is 0 Å². The van der Waals surface area contributed by atoms with E-state index in [0.717, 1.165) is 28.0 Å². The van der Waals surface area contributed by atoms with Crippen molar-refractivity contribution < 1.29 is 4.74 Å². The second-order valence-corrected chi connectivity index (χ2v) is 5.11. The molecule has 94 valence electrons. The minimum absolute atomic E-state index is 0.492. The first-order valence-corrected chi connectivity index (χ1v) is 7.17. The fourth-order valence-corrected chi connectivity index (χ4v) is 2.56. The molecule has 0 aliphatic carbocycles. The lowest BCUT2D eigenvalue weighted by Gasteiger charge is -2.08. The van der Waals surface area contributed by atoms with Crippen molar-refractivity contribution in [2.75, 3.05) is 0 Å². The molecule has 18 heavy (non-hydrogen) atoms. The highest BCUT2D eigenvalue weighted by atomic mass is 79.9. The molecule has 2 aromatic rings. The lowest BCUT2D eigenvalue weighted by molar-refractivity contribution is 0.481. The highest BCUT2D eigenvalue weighted by molar-refractivity contribution is 9.10. The normalized spacial score (nSPS) is 10.4. The molecule has 0 atom stereocenters. The third-order valence-electron chi connectivity index (χ3n) is 2.71. The maximum absolute atomic E-state index is 5.83. The van der Waals surface area contributed by atoms with Crippen LogP contribution in [0.3, 0.4) is 0 Å². The molecule has 0 radical (unpaired) electrons. The topological polar surface area (TPSA) is 9.23 Å². The van der Waals surface area contributed by atoms with Crippen LogP contribution >= 0.6 is 27.5 Å². The first-order valence-electron chi connectivity index (χ1n) is 5.84.